The van der Waals surface area contributed by atoms with Crippen LogP contribution in [0.15, 0.2) is 29.1 Å². The van der Waals surface area contributed by atoms with E-state index in [1.54, 1.807) is 0 Å². The van der Waals surface area contributed by atoms with E-state index in [0.29, 0.717) is 10.9 Å². The molecule has 1 amide bonds. The summed E-state index contributed by atoms with van der Waals surface area (Å²) in [6.07, 6.45) is -0.559. The van der Waals surface area contributed by atoms with Crippen LogP contribution in [-0.4, -0.2) is 61.0 Å². The molecule has 7 nitrogen and oxygen atoms in total. The van der Waals surface area contributed by atoms with Crippen molar-refractivity contribution in [2.24, 2.45) is 0 Å². The van der Waals surface area contributed by atoms with Gasteiger partial charge in [0, 0.05) is 6.54 Å². The molecule has 2 aliphatic rings. The minimum atomic E-state index is -3.27. The number of hydrogen-bond acceptors (Lipinski definition) is 5. The second kappa shape index (κ2) is 5.63. The highest BCUT2D eigenvalue weighted by atomic mass is 32.2. The van der Waals surface area contributed by atoms with Crippen LogP contribution < -0.4 is 5.56 Å². The first-order valence-corrected chi connectivity index (χ1v) is 9.62. The van der Waals surface area contributed by atoms with Gasteiger partial charge < -0.3 is 14.6 Å². The maximum atomic E-state index is 13.3. The maximum Gasteiger partial charge on any atom is 0.261 e. The molecule has 1 aromatic carbocycles. The molecule has 2 fully saturated rings. The fourth-order valence-corrected chi connectivity index (χ4v) is 5.32. The van der Waals surface area contributed by atoms with Gasteiger partial charge in [-0.25, -0.2) is 12.8 Å². The van der Waals surface area contributed by atoms with E-state index in [9.17, 15) is 22.4 Å². The van der Waals surface area contributed by atoms with Crippen LogP contribution >= 0.6 is 0 Å². The summed E-state index contributed by atoms with van der Waals surface area (Å²) in [5, 5.41) is 0.521. The number of nitrogens with one attached hydrogen (secondary N) is 1. The number of carbonyl (C=O) groups is 1. The first-order chi connectivity index (χ1) is 11.8. The quantitative estimate of drug-likeness (QED) is 0.783. The summed E-state index contributed by atoms with van der Waals surface area (Å²) < 4.78 is 42.4. The number of aromatic nitrogens is 1. The number of aromatic amines is 1. The molecule has 1 N–H and O–H groups in total. The largest absolute Gasteiger partial charge is 0.373 e. The van der Waals surface area contributed by atoms with E-state index in [1.807, 2.05) is 0 Å². The molecule has 0 saturated carbocycles. The SMILES string of the molecule is O=C(c1cc2ccc(F)cc2[nH]c1=O)N1CCOC2CS(=O)(=O)CC21. The van der Waals surface area contributed by atoms with Crippen LogP contribution in [0, 0.1) is 5.82 Å². The molecule has 132 valence electrons. The summed E-state index contributed by atoms with van der Waals surface area (Å²) in [6, 6.07) is 4.71. The number of H-pyrrole nitrogens is 1. The molecule has 2 unspecified atom stereocenters. The minimum Gasteiger partial charge on any atom is -0.373 e. The maximum absolute atomic E-state index is 13.3. The van der Waals surface area contributed by atoms with Crippen molar-refractivity contribution in [1.29, 1.82) is 0 Å². The van der Waals surface area contributed by atoms with Crippen LogP contribution in [0.25, 0.3) is 10.9 Å². The van der Waals surface area contributed by atoms with Crippen molar-refractivity contribution in [2.75, 3.05) is 24.7 Å². The van der Waals surface area contributed by atoms with E-state index in [1.165, 1.54) is 29.2 Å². The van der Waals surface area contributed by atoms with Crippen LogP contribution in [0.1, 0.15) is 10.4 Å². The van der Waals surface area contributed by atoms with Crippen molar-refractivity contribution in [3.8, 4) is 0 Å². The third-order valence-corrected chi connectivity index (χ3v) is 6.32. The number of morpholine rings is 1. The first-order valence-electron chi connectivity index (χ1n) is 7.80. The minimum absolute atomic E-state index is 0.0935. The third-order valence-electron chi connectivity index (χ3n) is 4.64. The number of nitrogens with zero attached hydrogens (tertiary/aromatic N) is 1. The Bertz CT molecular complexity index is 1030. The van der Waals surface area contributed by atoms with Gasteiger partial charge in [0.25, 0.3) is 11.5 Å². The summed E-state index contributed by atoms with van der Waals surface area (Å²) in [5.74, 6) is -1.31. The first kappa shape index (κ1) is 16.2. The summed E-state index contributed by atoms with van der Waals surface area (Å²) in [7, 11) is -3.27. The topological polar surface area (TPSA) is 96.5 Å². The Morgan fingerprint density at radius 3 is 2.88 bits per heavy atom. The molecule has 3 heterocycles. The Morgan fingerprint density at radius 1 is 1.28 bits per heavy atom. The standard InChI is InChI=1S/C16H15FN2O5S/c17-10-2-1-9-5-11(15(20)18-12(9)6-10)16(21)19-3-4-24-14-8-25(22,23)7-13(14)19/h1-2,5-6,13-14H,3-4,7-8H2,(H,18,20). The predicted molar refractivity (Wildman–Crippen MR) is 87.7 cm³/mol. The number of amides is 1. The van der Waals surface area contributed by atoms with Gasteiger partial charge in [0.2, 0.25) is 0 Å². The fourth-order valence-electron chi connectivity index (χ4n) is 3.45. The zero-order chi connectivity index (χ0) is 17.8. The summed E-state index contributed by atoms with van der Waals surface area (Å²) >= 11 is 0. The molecule has 0 aliphatic carbocycles. The third kappa shape index (κ3) is 2.83. The van der Waals surface area contributed by atoms with E-state index >= 15 is 0 Å². The molecule has 0 bridgehead atoms. The molecule has 2 saturated heterocycles. The van der Waals surface area contributed by atoms with Crippen molar-refractivity contribution in [3.05, 3.63) is 46.0 Å². The van der Waals surface area contributed by atoms with Crippen molar-refractivity contribution in [3.63, 3.8) is 0 Å². The van der Waals surface area contributed by atoms with Gasteiger partial charge in [-0.15, -0.1) is 0 Å². The lowest BCUT2D eigenvalue weighted by Gasteiger charge is -2.36. The number of fused-ring (bicyclic) bond motifs is 2. The van der Waals surface area contributed by atoms with Gasteiger partial charge in [0.15, 0.2) is 9.84 Å². The zero-order valence-corrected chi connectivity index (χ0v) is 13.9. The van der Waals surface area contributed by atoms with Gasteiger partial charge >= 0.3 is 0 Å². The zero-order valence-electron chi connectivity index (χ0n) is 13.1. The Morgan fingerprint density at radius 2 is 2.08 bits per heavy atom. The summed E-state index contributed by atoms with van der Waals surface area (Å²) in [6.45, 7) is 0.440. The van der Waals surface area contributed by atoms with Crippen molar-refractivity contribution >= 4 is 26.6 Å². The lowest BCUT2D eigenvalue weighted by Crippen LogP contribution is -2.54. The van der Waals surface area contributed by atoms with Crippen LogP contribution in [-0.2, 0) is 14.6 Å². The molecule has 2 aliphatic heterocycles. The number of hydrogen-bond donors (Lipinski definition) is 1. The molecular formula is C16H15FN2O5S. The number of benzene rings is 1. The van der Waals surface area contributed by atoms with Crippen LogP contribution in [0.5, 0.6) is 0 Å². The number of carbonyl (C=O) groups excluding carboxylic acids is 1. The highest BCUT2D eigenvalue weighted by Gasteiger charge is 2.46. The van der Waals surface area contributed by atoms with Crippen LogP contribution in [0.4, 0.5) is 4.39 Å². The average Bonchev–Trinajstić information content (AvgIpc) is 2.87. The van der Waals surface area contributed by atoms with E-state index in [0.717, 1.165) is 0 Å². The summed E-state index contributed by atoms with van der Waals surface area (Å²) in [5.41, 5.74) is -0.430. The van der Waals surface area contributed by atoms with Gasteiger partial charge in [-0.2, -0.15) is 0 Å². The van der Waals surface area contributed by atoms with E-state index < -0.39 is 39.3 Å². The van der Waals surface area contributed by atoms with E-state index in [2.05, 4.69) is 4.98 Å². The number of pyridine rings is 1. The molecule has 9 heteroatoms. The Hall–Kier alpha value is -2.26. The normalized spacial score (nSPS) is 25.1. The molecule has 25 heavy (non-hydrogen) atoms. The fraction of sp³-hybridized carbons (Fsp3) is 0.375. The molecule has 4 rings (SSSR count). The number of ether oxygens (including phenoxy) is 1. The van der Waals surface area contributed by atoms with Crippen LogP contribution in [0.2, 0.25) is 0 Å². The van der Waals surface area contributed by atoms with Crippen LogP contribution in [0.3, 0.4) is 0 Å². The Kier molecular flexibility index (Phi) is 3.66. The van der Waals surface area contributed by atoms with Gasteiger partial charge in [0.1, 0.15) is 11.4 Å². The Balaban J connectivity index is 1.73. The summed E-state index contributed by atoms with van der Waals surface area (Å²) in [4.78, 5) is 29.0. The van der Waals surface area contributed by atoms with Crippen molar-refractivity contribution in [2.45, 2.75) is 12.1 Å². The van der Waals surface area contributed by atoms with Crippen molar-refractivity contribution < 1.29 is 22.3 Å². The molecule has 0 radical (unpaired) electrons. The number of sulfone groups is 1. The second-order valence-corrected chi connectivity index (χ2v) is 8.45. The smallest absolute Gasteiger partial charge is 0.261 e. The molecule has 1 aromatic heterocycles. The second-order valence-electron chi connectivity index (χ2n) is 6.30. The van der Waals surface area contributed by atoms with Gasteiger partial charge in [-0.1, -0.05) is 0 Å². The molecule has 0 spiro atoms. The highest BCUT2D eigenvalue weighted by Crippen LogP contribution is 2.26. The highest BCUT2D eigenvalue weighted by molar-refractivity contribution is 7.91. The molecular weight excluding hydrogens is 351 g/mol. The Labute approximate surface area is 142 Å². The lowest BCUT2D eigenvalue weighted by atomic mass is 10.1. The molecule has 2 atom stereocenters. The number of halogens is 1. The monoisotopic (exact) mass is 366 g/mol. The van der Waals surface area contributed by atoms with E-state index in [-0.39, 0.29) is 30.2 Å². The van der Waals surface area contributed by atoms with Gasteiger partial charge in [-0.3, -0.25) is 9.59 Å². The average molecular weight is 366 g/mol. The van der Waals surface area contributed by atoms with Gasteiger partial charge in [0.05, 0.1) is 35.8 Å². The number of rotatable bonds is 1. The van der Waals surface area contributed by atoms with Crippen molar-refractivity contribution in [1.82, 2.24) is 9.88 Å². The van der Waals surface area contributed by atoms with Gasteiger partial charge in [-0.05, 0) is 29.7 Å². The molecule has 2 aromatic rings. The van der Waals surface area contributed by atoms with E-state index in [4.69, 9.17) is 4.74 Å². The predicted octanol–water partition coefficient (Wildman–Crippen LogP) is 0.305. The lowest BCUT2D eigenvalue weighted by molar-refractivity contribution is -0.0361.